The number of furan rings is 1. The molecule has 0 bridgehead atoms. The van der Waals surface area contributed by atoms with Crippen LogP contribution in [-0.4, -0.2) is 25.8 Å². The molecule has 0 spiro atoms. The molecule has 3 aromatic rings. The number of fused-ring (bicyclic) bond motifs is 2. The highest BCUT2D eigenvalue weighted by Crippen LogP contribution is 2.70. The van der Waals surface area contributed by atoms with Gasteiger partial charge in [0, 0.05) is 18.5 Å². The predicted octanol–water partition coefficient (Wildman–Crippen LogP) is 4.75. The van der Waals surface area contributed by atoms with Crippen LogP contribution in [0.4, 0.5) is 0 Å². The molecule has 5 heteroatoms. The molecule has 3 aliphatic rings. The minimum atomic E-state index is -3.56. The fraction of sp³-hybridized carbons (Fsp3) is 0.385. The van der Waals surface area contributed by atoms with Gasteiger partial charge in [-0.15, -0.1) is 0 Å². The maximum absolute atomic E-state index is 13.6. The van der Waals surface area contributed by atoms with Gasteiger partial charge in [-0.2, -0.15) is 4.31 Å². The summed E-state index contributed by atoms with van der Waals surface area (Å²) in [6.45, 7) is 2.96. The van der Waals surface area contributed by atoms with Gasteiger partial charge in [-0.05, 0) is 67.9 Å². The van der Waals surface area contributed by atoms with Crippen LogP contribution >= 0.6 is 0 Å². The normalized spacial score (nSPS) is 27.6. The van der Waals surface area contributed by atoms with Crippen LogP contribution < -0.4 is 0 Å². The van der Waals surface area contributed by atoms with Gasteiger partial charge >= 0.3 is 0 Å². The van der Waals surface area contributed by atoms with Crippen molar-refractivity contribution in [1.29, 1.82) is 0 Å². The number of benzene rings is 2. The topological polar surface area (TPSA) is 50.5 Å². The van der Waals surface area contributed by atoms with Crippen LogP contribution in [0, 0.1) is 6.92 Å². The van der Waals surface area contributed by atoms with Crippen molar-refractivity contribution in [2.24, 2.45) is 0 Å². The fourth-order valence-corrected chi connectivity index (χ4v) is 7.65. The van der Waals surface area contributed by atoms with E-state index in [1.807, 2.05) is 31.4 Å². The molecule has 1 saturated carbocycles. The van der Waals surface area contributed by atoms with Crippen molar-refractivity contribution < 1.29 is 12.8 Å². The van der Waals surface area contributed by atoms with Crippen LogP contribution in [0.15, 0.2) is 70.2 Å². The average molecular weight is 434 g/mol. The summed E-state index contributed by atoms with van der Waals surface area (Å²) in [5.74, 6) is 1.05. The zero-order valence-corrected chi connectivity index (χ0v) is 18.6. The second-order valence-electron chi connectivity index (χ2n) is 9.57. The molecule has 0 amide bonds. The fourth-order valence-electron chi connectivity index (χ4n) is 6.09. The summed E-state index contributed by atoms with van der Waals surface area (Å²) in [6.07, 6.45) is 7.38. The molecule has 2 atom stereocenters. The standard InChI is InChI=1S/C26H27NO3S/c1-19-11-13-22(14-12-19)31(28,29)27-17-25(21-8-3-2-4-9-21)16-26(25,18-27)24-23-10-6-5-7-20(23)15-30-24/h2-4,8-9,11-15H,5-7,10,16-18H2,1H3. The van der Waals surface area contributed by atoms with Crippen molar-refractivity contribution in [2.75, 3.05) is 13.1 Å². The summed E-state index contributed by atoms with van der Waals surface area (Å²) < 4.78 is 35.1. The van der Waals surface area contributed by atoms with Gasteiger partial charge in [0.15, 0.2) is 0 Å². The van der Waals surface area contributed by atoms with E-state index < -0.39 is 10.0 Å². The third kappa shape index (κ3) is 2.66. The second kappa shape index (κ2) is 6.57. The first-order valence-corrected chi connectivity index (χ1v) is 12.6. The van der Waals surface area contributed by atoms with Gasteiger partial charge in [-0.1, -0.05) is 48.0 Å². The predicted molar refractivity (Wildman–Crippen MR) is 120 cm³/mol. The van der Waals surface area contributed by atoms with Gasteiger partial charge in [-0.25, -0.2) is 8.42 Å². The third-order valence-corrected chi connectivity index (χ3v) is 9.62. The quantitative estimate of drug-likeness (QED) is 0.597. The van der Waals surface area contributed by atoms with E-state index in [2.05, 4.69) is 24.3 Å². The Morgan fingerprint density at radius 2 is 1.61 bits per heavy atom. The molecule has 2 fully saturated rings. The van der Waals surface area contributed by atoms with Crippen LogP contribution in [-0.2, 0) is 33.7 Å². The van der Waals surface area contributed by atoms with Crippen LogP contribution in [0.2, 0.25) is 0 Å². The Hall–Kier alpha value is -2.37. The number of hydrogen-bond acceptors (Lipinski definition) is 3. The SMILES string of the molecule is Cc1ccc(S(=O)(=O)N2CC3(c4ccccc4)CC3(c3occ4c3CCCC4)C2)cc1. The van der Waals surface area contributed by atoms with Gasteiger partial charge in [0.25, 0.3) is 0 Å². The summed E-state index contributed by atoms with van der Waals surface area (Å²) in [5.41, 5.74) is 4.47. The first kappa shape index (κ1) is 19.3. The number of aryl methyl sites for hydroxylation is 2. The lowest BCUT2D eigenvalue weighted by molar-refractivity contribution is 0.398. The summed E-state index contributed by atoms with van der Waals surface area (Å²) in [4.78, 5) is 0.374. The Balaban J connectivity index is 1.46. The maximum atomic E-state index is 13.6. The smallest absolute Gasteiger partial charge is 0.243 e. The Morgan fingerprint density at radius 3 is 2.39 bits per heavy atom. The Kier molecular flexibility index (Phi) is 4.09. The number of nitrogens with zero attached hydrogens (tertiary/aromatic N) is 1. The molecule has 31 heavy (non-hydrogen) atoms. The molecule has 2 aromatic carbocycles. The van der Waals surface area contributed by atoms with E-state index in [0.717, 1.165) is 30.6 Å². The second-order valence-corrected chi connectivity index (χ2v) is 11.5. The highest BCUT2D eigenvalue weighted by Gasteiger charge is 2.76. The van der Waals surface area contributed by atoms with Gasteiger partial charge < -0.3 is 4.42 Å². The minimum Gasteiger partial charge on any atom is -0.468 e. The first-order valence-electron chi connectivity index (χ1n) is 11.2. The molecular formula is C26H27NO3S. The lowest BCUT2D eigenvalue weighted by atomic mass is 9.83. The Bertz CT molecular complexity index is 1250. The zero-order chi connectivity index (χ0) is 21.3. The van der Waals surface area contributed by atoms with E-state index in [1.165, 1.54) is 29.5 Å². The van der Waals surface area contributed by atoms with Gasteiger partial charge in [0.1, 0.15) is 5.76 Å². The monoisotopic (exact) mass is 433 g/mol. The molecule has 2 unspecified atom stereocenters. The molecule has 2 heterocycles. The third-order valence-electron chi connectivity index (χ3n) is 7.81. The van der Waals surface area contributed by atoms with Crippen molar-refractivity contribution in [1.82, 2.24) is 4.31 Å². The summed E-state index contributed by atoms with van der Waals surface area (Å²) in [7, 11) is -3.56. The van der Waals surface area contributed by atoms with Crippen molar-refractivity contribution >= 4 is 10.0 Å². The molecule has 4 nitrogen and oxygen atoms in total. The molecule has 0 radical (unpaired) electrons. The zero-order valence-electron chi connectivity index (χ0n) is 17.8. The first-order chi connectivity index (χ1) is 15.0. The highest BCUT2D eigenvalue weighted by molar-refractivity contribution is 7.89. The van der Waals surface area contributed by atoms with Gasteiger partial charge in [-0.3, -0.25) is 0 Å². The van der Waals surface area contributed by atoms with Gasteiger partial charge in [0.05, 0.1) is 16.6 Å². The highest BCUT2D eigenvalue weighted by atomic mass is 32.2. The Labute approximate surface area is 183 Å². The van der Waals surface area contributed by atoms with Crippen LogP contribution in [0.25, 0.3) is 0 Å². The van der Waals surface area contributed by atoms with E-state index in [1.54, 1.807) is 16.4 Å². The molecule has 1 aromatic heterocycles. The molecule has 160 valence electrons. The number of rotatable bonds is 4. The molecule has 2 aliphatic carbocycles. The minimum absolute atomic E-state index is 0.213. The van der Waals surface area contributed by atoms with Crippen LogP contribution in [0.3, 0.4) is 0 Å². The van der Waals surface area contributed by atoms with Crippen molar-refractivity contribution in [3.8, 4) is 0 Å². The lowest BCUT2D eigenvalue weighted by Gasteiger charge is -2.21. The average Bonchev–Trinajstić information content (AvgIpc) is 3.10. The number of sulfonamides is 1. The number of piperidine rings is 1. The van der Waals surface area contributed by atoms with Crippen LogP contribution in [0.5, 0.6) is 0 Å². The molecule has 1 aliphatic heterocycles. The van der Waals surface area contributed by atoms with E-state index in [0.29, 0.717) is 18.0 Å². The molecule has 0 N–H and O–H groups in total. The maximum Gasteiger partial charge on any atom is 0.243 e. The van der Waals surface area contributed by atoms with Crippen molar-refractivity contribution in [2.45, 2.75) is 54.8 Å². The largest absolute Gasteiger partial charge is 0.468 e. The summed E-state index contributed by atoms with van der Waals surface area (Å²) in [6, 6.07) is 17.6. The van der Waals surface area contributed by atoms with E-state index in [-0.39, 0.29) is 10.8 Å². The van der Waals surface area contributed by atoms with Crippen LogP contribution in [0.1, 0.15) is 47.3 Å². The lowest BCUT2D eigenvalue weighted by Crippen LogP contribution is -2.33. The van der Waals surface area contributed by atoms with E-state index >= 15 is 0 Å². The molecule has 1 saturated heterocycles. The molecular weight excluding hydrogens is 406 g/mol. The van der Waals surface area contributed by atoms with Crippen molar-refractivity contribution in [3.05, 3.63) is 88.9 Å². The van der Waals surface area contributed by atoms with Crippen molar-refractivity contribution in [3.63, 3.8) is 0 Å². The van der Waals surface area contributed by atoms with E-state index in [9.17, 15) is 8.42 Å². The summed E-state index contributed by atoms with van der Waals surface area (Å²) in [5, 5.41) is 0. The number of hydrogen-bond donors (Lipinski definition) is 0. The van der Waals surface area contributed by atoms with Gasteiger partial charge in [0.2, 0.25) is 10.0 Å². The Morgan fingerprint density at radius 1 is 0.903 bits per heavy atom. The summed E-state index contributed by atoms with van der Waals surface area (Å²) >= 11 is 0. The molecule has 6 rings (SSSR count). The van der Waals surface area contributed by atoms with E-state index in [4.69, 9.17) is 4.42 Å².